The second-order valence-electron chi connectivity index (χ2n) is 4.56. The van der Waals surface area contributed by atoms with Gasteiger partial charge in [0.05, 0.1) is 27.5 Å². The van der Waals surface area contributed by atoms with Crippen molar-refractivity contribution in [2.75, 3.05) is 26.8 Å². The van der Waals surface area contributed by atoms with Gasteiger partial charge in [-0.05, 0) is 19.1 Å². The van der Waals surface area contributed by atoms with Crippen LogP contribution in [0.5, 0.6) is 17.2 Å². The first-order chi connectivity index (χ1) is 11.1. The second-order valence-corrected chi connectivity index (χ2v) is 4.56. The Morgan fingerprint density at radius 1 is 1.13 bits per heavy atom. The maximum atomic E-state index is 11.3. The van der Waals surface area contributed by atoms with Gasteiger partial charge in [0, 0.05) is 17.3 Å². The average molecular weight is 318 g/mol. The Hall–Kier alpha value is -3.03. The molecular weight excluding hydrogens is 300 g/mol. The highest BCUT2D eigenvalue weighted by atomic mass is 16.5. The quantitative estimate of drug-likeness (QED) is 0.619. The maximum absolute atomic E-state index is 11.3. The van der Waals surface area contributed by atoms with Crippen molar-refractivity contribution >= 4 is 12.2 Å². The summed E-state index contributed by atoms with van der Waals surface area (Å²) in [5, 5.41) is 4.04. The molecule has 0 saturated heterocycles. The number of rotatable bonds is 6. The van der Waals surface area contributed by atoms with E-state index in [2.05, 4.69) is 20.5 Å². The molecule has 0 saturated carbocycles. The zero-order chi connectivity index (χ0) is 16.8. The zero-order valence-electron chi connectivity index (χ0n) is 13.3. The molecule has 8 heteroatoms. The lowest BCUT2D eigenvalue weighted by Gasteiger charge is -2.12. The Kier molecular flexibility index (Phi) is 5.19. The van der Waals surface area contributed by atoms with Crippen LogP contribution in [-0.4, -0.2) is 37.5 Å². The largest absolute Gasteiger partial charge is 0.493 e. The van der Waals surface area contributed by atoms with Crippen LogP contribution in [0.4, 0.5) is 5.95 Å². The van der Waals surface area contributed by atoms with Crippen LogP contribution in [-0.2, 0) is 0 Å². The number of hydrogen-bond donors (Lipinski definition) is 2. The molecule has 0 bridgehead atoms. The van der Waals surface area contributed by atoms with E-state index < -0.39 is 0 Å². The summed E-state index contributed by atoms with van der Waals surface area (Å²) in [6, 6.07) is 4.89. The summed E-state index contributed by atoms with van der Waals surface area (Å²) in [5.74, 6) is 1.81. The van der Waals surface area contributed by atoms with Crippen LogP contribution < -0.4 is 25.2 Å². The third-order valence-corrected chi connectivity index (χ3v) is 2.94. The lowest BCUT2D eigenvalue weighted by atomic mass is 10.2. The van der Waals surface area contributed by atoms with Gasteiger partial charge in [-0.1, -0.05) is 0 Å². The van der Waals surface area contributed by atoms with E-state index in [0.29, 0.717) is 22.9 Å². The van der Waals surface area contributed by atoms with Crippen molar-refractivity contribution in [3.8, 4) is 17.2 Å². The highest BCUT2D eigenvalue weighted by Gasteiger charge is 2.12. The summed E-state index contributed by atoms with van der Waals surface area (Å²) in [6.07, 6.45) is 1.55. The number of anilines is 1. The Bertz CT molecular complexity index is 745. The molecule has 0 spiro atoms. The number of ether oxygens (including phenoxy) is 3. The van der Waals surface area contributed by atoms with Gasteiger partial charge in [-0.15, -0.1) is 0 Å². The normalized spacial score (nSPS) is 10.6. The Labute approximate surface area is 133 Å². The van der Waals surface area contributed by atoms with Gasteiger partial charge >= 0.3 is 0 Å². The third-order valence-electron chi connectivity index (χ3n) is 2.94. The Morgan fingerprint density at radius 3 is 2.30 bits per heavy atom. The van der Waals surface area contributed by atoms with Crippen LogP contribution in [0.15, 0.2) is 28.1 Å². The fourth-order valence-electron chi connectivity index (χ4n) is 1.98. The molecule has 0 aliphatic carbocycles. The molecule has 0 atom stereocenters. The third kappa shape index (κ3) is 4.00. The van der Waals surface area contributed by atoms with Crippen LogP contribution in [0.2, 0.25) is 0 Å². The van der Waals surface area contributed by atoms with Crippen LogP contribution >= 0.6 is 0 Å². The Balaban J connectivity index is 2.23. The molecule has 23 heavy (non-hydrogen) atoms. The standard InChI is InChI=1S/C15H18N4O4/c1-9-5-13(20)18-15(17-9)19-16-8-10-6-11(21-2)14(23-4)12(7-10)22-3/h5-8H,1-4H3,(H2,17,18,19,20)/b16-8-. The molecule has 1 heterocycles. The number of hydrazone groups is 1. The van der Waals surface area contributed by atoms with Gasteiger partial charge in [0.25, 0.3) is 5.56 Å². The van der Waals surface area contributed by atoms with Crippen LogP contribution in [0.25, 0.3) is 0 Å². The molecule has 122 valence electrons. The van der Waals surface area contributed by atoms with E-state index in [1.807, 2.05) is 0 Å². The van der Waals surface area contributed by atoms with Crippen molar-refractivity contribution in [1.82, 2.24) is 9.97 Å². The number of methoxy groups -OCH3 is 3. The molecule has 0 amide bonds. The summed E-state index contributed by atoms with van der Waals surface area (Å²) in [6.45, 7) is 1.73. The van der Waals surface area contributed by atoms with Crippen molar-refractivity contribution in [3.63, 3.8) is 0 Å². The molecule has 1 aromatic carbocycles. The molecule has 0 radical (unpaired) electrons. The number of aromatic amines is 1. The minimum absolute atomic E-state index is 0.247. The van der Waals surface area contributed by atoms with Crippen LogP contribution in [0.1, 0.15) is 11.3 Å². The van der Waals surface area contributed by atoms with Crippen molar-refractivity contribution in [2.45, 2.75) is 6.92 Å². The highest BCUT2D eigenvalue weighted by Crippen LogP contribution is 2.37. The molecule has 2 aromatic rings. The van der Waals surface area contributed by atoms with E-state index in [0.717, 1.165) is 5.56 Å². The zero-order valence-corrected chi connectivity index (χ0v) is 13.3. The molecule has 1 aromatic heterocycles. The van der Waals surface area contributed by atoms with Gasteiger partial charge in [0.15, 0.2) is 11.5 Å². The van der Waals surface area contributed by atoms with Gasteiger partial charge in [-0.3, -0.25) is 9.78 Å². The van der Waals surface area contributed by atoms with E-state index >= 15 is 0 Å². The van der Waals surface area contributed by atoms with E-state index in [-0.39, 0.29) is 11.5 Å². The molecule has 0 unspecified atom stereocenters. The lowest BCUT2D eigenvalue weighted by Crippen LogP contribution is -2.10. The number of aryl methyl sites for hydroxylation is 1. The minimum Gasteiger partial charge on any atom is -0.493 e. The van der Waals surface area contributed by atoms with E-state index in [9.17, 15) is 4.79 Å². The van der Waals surface area contributed by atoms with E-state index in [1.54, 1.807) is 25.3 Å². The summed E-state index contributed by atoms with van der Waals surface area (Å²) >= 11 is 0. The minimum atomic E-state index is -0.247. The van der Waals surface area contributed by atoms with Gasteiger partial charge in [0.2, 0.25) is 11.7 Å². The van der Waals surface area contributed by atoms with Crippen molar-refractivity contribution in [1.29, 1.82) is 0 Å². The summed E-state index contributed by atoms with van der Waals surface area (Å²) in [7, 11) is 4.62. The predicted molar refractivity (Wildman–Crippen MR) is 86.9 cm³/mol. The first kappa shape index (κ1) is 16.3. The molecule has 2 N–H and O–H groups in total. The fourth-order valence-corrected chi connectivity index (χ4v) is 1.98. The number of aromatic nitrogens is 2. The molecule has 0 aliphatic rings. The topological polar surface area (TPSA) is 97.8 Å². The average Bonchev–Trinajstić information content (AvgIpc) is 2.52. The van der Waals surface area contributed by atoms with E-state index in [4.69, 9.17) is 14.2 Å². The van der Waals surface area contributed by atoms with Gasteiger partial charge in [-0.25, -0.2) is 10.4 Å². The van der Waals surface area contributed by atoms with Crippen LogP contribution in [0, 0.1) is 6.92 Å². The maximum Gasteiger partial charge on any atom is 0.252 e. The Morgan fingerprint density at radius 2 is 1.78 bits per heavy atom. The van der Waals surface area contributed by atoms with Gasteiger partial charge < -0.3 is 14.2 Å². The van der Waals surface area contributed by atoms with E-state index in [1.165, 1.54) is 27.4 Å². The van der Waals surface area contributed by atoms with Gasteiger partial charge in [-0.2, -0.15) is 5.10 Å². The first-order valence-corrected chi connectivity index (χ1v) is 6.74. The molecule has 2 rings (SSSR count). The summed E-state index contributed by atoms with van der Waals surface area (Å²) in [4.78, 5) is 18.0. The monoisotopic (exact) mass is 318 g/mol. The number of H-pyrrole nitrogens is 1. The molecular formula is C15H18N4O4. The van der Waals surface area contributed by atoms with Crippen molar-refractivity contribution in [3.05, 3.63) is 39.8 Å². The SMILES string of the molecule is COc1cc(/C=N\Nc2nc(C)cc(=O)[nH]2)cc(OC)c1OC. The first-order valence-electron chi connectivity index (χ1n) is 6.74. The smallest absolute Gasteiger partial charge is 0.252 e. The lowest BCUT2D eigenvalue weighted by molar-refractivity contribution is 0.324. The summed E-state index contributed by atoms with van der Waals surface area (Å²) < 4.78 is 15.8. The van der Waals surface area contributed by atoms with Crippen molar-refractivity contribution in [2.24, 2.45) is 5.10 Å². The number of nitrogens with zero attached hydrogens (tertiary/aromatic N) is 2. The molecule has 0 fully saturated rings. The van der Waals surface area contributed by atoms with Crippen molar-refractivity contribution < 1.29 is 14.2 Å². The summed E-state index contributed by atoms with van der Waals surface area (Å²) in [5.41, 5.74) is 3.74. The highest BCUT2D eigenvalue weighted by molar-refractivity contribution is 5.82. The number of nitrogens with one attached hydrogen (secondary N) is 2. The predicted octanol–water partition coefficient (Wildman–Crippen LogP) is 1.55. The van der Waals surface area contributed by atoms with Crippen LogP contribution in [0.3, 0.4) is 0 Å². The second kappa shape index (κ2) is 7.30. The van der Waals surface area contributed by atoms with Gasteiger partial charge in [0.1, 0.15) is 0 Å². The molecule has 8 nitrogen and oxygen atoms in total. The number of hydrogen-bond acceptors (Lipinski definition) is 7. The molecule has 0 aliphatic heterocycles. The number of benzene rings is 1. The fraction of sp³-hybridized carbons (Fsp3) is 0.267.